The number of rotatable bonds is 4. The number of halogens is 1. The van der Waals surface area contributed by atoms with Crippen molar-refractivity contribution in [2.24, 2.45) is 5.73 Å². The summed E-state index contributed by atoms with van der Waals surface area (Å²) in [5, 5.41) is -0.469. The lowest BCUT2D eigenvalue weighted by atomic mass is 10.5. The Morgan fingerprint density at radius 2 is 2.21 bits per heavy atom. The third kappa shape index (κ3) is 3.05. The Hall–Kier alpha value is 0.0900. The average Bonchev–Trinajstić information content (AvgIpc) is 2.48. The molecule has 1 aromatic rings. The molecule has 1 rings (SSSR count). The third-order valence-electron chi connectivity index (χ3n) is 1.92. The number of hydrogen-bond donors (Lipinski definition) is 1. The van der Waals surface area contributed by atoms with Crippen LogP contribution in [0.15, 0.2) is 15.9 Å². The van der Waals surface area contributed by atoms with Crippen molar-refractivity contribution in [2.75, 3.05) is 6.54 Å². The molecule has 80 valence electrons. The summed E-state index contributed by atoms with van der Waals surface area (Å²) in [4.78, 5) is 0.845. The molecule has 0 bridgehead atoms. The second kappa shape index (κ2) is 4.74. The van der Waals surface area contributed by atoms with Crippen molar-refractivity contribution in [3.05, 3.63) is 20.8 Å². The summed E-state index contributed by atoms with van der Waals surface area (Å²) in [5.41, 5.74) is 5.33. The summed E-state index contributed by atoms with van der Waals surface area (Å²) in [6.45, 7) is 1.81. The minimum atomic E-state index is -3.09. The number of hydrogen-bond acceptors (Lipinski definition) is 4. The van der Waals surface area contributed by atoms with Crippen molar-refractivity contribution in [3.63, 3.8) is 0 Å². The van der Waals surface area contributed by atoms with Crippen LogP contribution in [0.1, 0.15) is 11.8 Å². The molecule has 3 nitrogen and oxygen atoms in total. The first-order valence-corrected chi connectivity index (χ1v) is 7.44. The van der Waals surface area contributed by atoms with Crippen LogP contribution in [-0.2, 0) is 15.6 Å². The van der Waals surface area contributed by atoms with Crippen LogP contribution < -0.4 is 5.73 Å². The van der Waals surface area contributed by atoms with E-state index in [1.165, 1.54) is 11.3 Å². The Morgan fingerprint density at radius 1 is 1.57 bits per heavy atom. The van der Waals surface area contributed by atoms with Gasteiger partial charge in [-0.15, -0.1) is 11.3 Å². The fraction of sp³-hybridized carbons (Fsp3) is 0.500. The first-order chi connectivity index (χ1) is 6.45. The first-order valence-electron chi connectivity index (χ1n) is 4.11. The van der Waals surface area contributed by atoms with E-state index in [0.29, 0.717) is 0 Å². The normalized spacial score (nSPS) is 14.2. The molecule has 0 fully saturated rings. The van der Waals surface area contributed by atoms with Gasteiger partial charge in [-0.3, -0.25) is 0 Å². The molecular weight excluding hydrogens is 286 g/mol. The summed E-state index contributed by atoms with van der Waals surface area (Å²) in [6, 6.07) is 3.66. The second-order valence-electron chi connectivity index (χ2n) is 3.06. The SMILES string of the molecule is CC(CN)S(=O)(=O)Cc1ccc(Br)s1. The van der Waals surface area contributed by atoms with Crippen molar-refractivity contribution >= 4 is 37.1 Å². The van der Waals surface area contributed by atoms with Gasteiger partial charge in [0.1, 0.15) is 0 Å². The van der Waals surface area contributed by atoms with E-state index < -0.39 is 15.1 Å². The first kappa shape index (κ1) is 12.2. The quantitative estimate of drug-likeness (QED) is 0.921. The average molecular weight is 298 g/mol. The van der Waals surface area contributed by atoms with Crippen molar-refractivity contribution in [1.82, 2.24) is 0 Å². The molecule has 1 unspecified atom stereocenters. The van der Waals surface area contributed by atoms with Crippen LogP contribution in [0.2, 0.25) is 0 Å². The van der Waals surface area contributed by atoms with Gasteiger partial charge in [0.05, 0.1) is 14.8 Å². The number of thiophene rings is 1. The van der Waals surface area contributed by atoms with E-state index >= 15 is 0 Å². The molecule has 0 radical (unpaired) electrons. The van der Waals surface area contributed by atoms with Crippen LogP contribution in [-0.4, -0.2) is 20.2 Å². The van der Waals surface area contributed by atoms with Crippen LogP contribution in [0, 0.1) is 0 Å². The largest absolute Gasteiger partial charge is 0.329 e. The molecule has 0 aromatic carbocycles. The molecule has 1 atom stereocenters. The molecule has 0 aliphatic heterocycles. The summed E-state index contributed by atoms with van der Waals surface area (Å²) >= 11 is 4.73. The number of sulfone groups is 1. The van der Waals surface area contributed by atoms with Gasteiger partial charge in [-0.05, 0) is 35.0 Å². The number of nitrogens with two attached hydrogens (primary N) is 1. The molecule has 6 heteroatoms. The molecule has 1 heterocycles. The summed E-state index contributed by atoms with van der Waals surface area (Å²) in [6.07, 6.45) is 0. The zero-order valence-corrected chi connectivity index (χ0v) is 11.0. The Kier molecular flexibility index (Phi) is 4.12. The molecule has 0 spiro atoms. The highest BCUT2D eigenvalue weighted by atomic mass is 79.9. The lowest BCUT2D eigenvalue weighted by Crippen LogP contribution is -2.27. The fourth-order valence-corrected chi connectivity index (χ4v) is 3.99. The zero-order chi connectivity index (χ0) is 10.8. The van der Waals surface area contributed by atoms with Crippen molar-refractivity contribution in [1.29, 1.82) is 0 Å². The Bertz CT molecular complexity index is 399. The van der Waals surface area contributed by atoms with Crippen molar-refractivity contribution in [3.8, 4) is 0 Å². The predicted octanol–water partition coefficient (Wildman–Crippen LogP) is 1.77. The predicted molar refractivity (Wildman–Crippen MR) is 63.2 cm³/mol. The van der Waals surface area contributed by atoms with Crippen LogP contribution in [0.5, 0.6) is 0 Å². The molecule has 0 saturated heterocycles. The van der Waals surface area contributed by atoms with E-state index in [1.54, 1.807) is 6.92 Å². The van der Waals surface area contributed by atoms with Crippen molar-refractivity contribution in [2.45, 2.75) is 17.9 Å². The van der Waals surface area contributed by atoms with Crippen LogP contribution in [0.25, 0.3) is 0 Å². The molecule has 0 aliphatic carbocycles. The van der Waals surface area contributed by atoms with Crippen LogP contribution in [0.3, 0.4) is 0 Å². The molecule has 14 heavy (non-hydrogen) atoms. The van der Waals surface area contributed by atoms with Gasteiger partial charge in [0.2, 0.25) is 0 Å². The Morgan fingerprint density at radius 3 is 2.64 bits per heavy atom. The van der Waals surface area contributed by atoms with Gasteiger partial charge in [0, 0.05) is 11.4 Å². The zero-order valence-electron chi connectivity index (χ0n) is 7.73. The molecule has 0 amide bonds. The summed E-state index contributed by atoms with van der Waals surface area (Å²) in [5.74, 6) is 0.0850. The summed E-state index contributed by atoms with van der Waals surface area (Å²) < 4.78 is 24.3. The topological polar surface area (TPSA) is 60.2 Å². The second-order valence-corrected chi connectivity index (χ2v) is 8.03. The summed E-state index contributed by atoms with van der Waals surface area (Å²) in [7, 11) is -3.09. The van der Waals surface area contributed by atoms with Gasteiger partial charge in [-0.1, -0.05) is 0 Å². The van der Waals surface area contributed by atoms with Gasteiger partial charge < -0.3 is 5.73 Å². The fourth-order valence-electron chi connectivity index (χ4n) is 0.916. The minimum Gasteiger partial charge on any atom is -0.329 e. The highest BCUT2D eigenvalue weighted by Crippen LogP contribution is 2.24. The smallest absolute Gasteiger partial charge is 0.159 e. The molecule has 2 N–H and O–H groups in total. The van der Waals surface area contributed by atoms with Gasteiger partial charge in [0.25, 0.3) is 0 Å². The van der Waals surface area contributed by atoms with Crippen molar-refractivity contribution < 1.29 is 8.42 Å². The monoisotopic (exact) mass is 297 g/mol. The molecule has 1 aromatic heterocycles. The highest BCUT2D eigenvalue weighted by Gasteiger charge is 2.20. The highest BCUT2D eigenvalue weighted by molar-refractivity contribution is 9.11. The van der Waals surface area contributed by atoms with E-state index in [2.05, 4.69) is 15.9 Å². The van der Waals surface area contributed by atoms with Gasteiger partial charge in [0.15, 0.2) is 9.84 Å². The maximum Gasteiger partial charge on any atom is 0.159 e. The lowest BCUT2D eigenvalue weighted by molar-refractivity contribution is 0.583. The van der Waals surface area contributed by atoms with E-state index in [1.807, 2.05) is 12.1 Å². The van der Waals surface area contributed by atoms with Gasteiger partial charge in [-0.25, -0.2) is 8.42 Å². The maximum atomic E-state index is 11.7. The van der Waals surface area contributed by atoms with Gasteiger partial charge in [-0.2, -0.15) is 0 Å². The van der Waals surface area contributed by atoms with E-state index in [9.17, 15) is 8.42 Å². The molecular formula is C8H12BrNO2S2. The van der Waals surface area contributed by atoms with Crippen LogP contribution >= 0.6 is 27.3 Å². The maximum absolute atomic E-state index is 11.7. The Labute approximate surface area is 96.4 Å². The molecule has 0 aliphatic rings. The Balaban J connectivity index is 2.78. The van der Waals surface area contributed by atoms with E-state index in [-0.39, 0.29) is 12.3 Å². The molecule has 0 saturated carbocycles. The van der Waals surface area contributed by atoms with Crippen LogP contribution in [0.4, 0.5) is 0 Å². The van der Waals surface area contributed by atoms with E-state index in [0.717, 1.165) is 8.66 Å². The standard InChI is InChI=1S/C8H12BrNO2S2/c1-6(4-10)14(11,12)5-7-2-3-8(9)13-7/h2-3,6H,4-5,10H2,1H3. The van der Waals surface area contributed by atoms with Gasteiger partial charge >= 0.3 is 0 Å². The van der Waals surface area contributed by atoms with E-state index in [4.69, 9.17) is 5.73 Å². The third-order valence-corrected chi connectivity index (χ3v) is 5.86. The minimum absolute atomic E-state index is 0.0850. The lowest BCUT2D eigenvalue weighted by Gasteiger charge is -2.08.